The zero-order valence-electron chi connectivity index (χ0n) is 18.9. The van der Waals surface area contributed by atoms with Gasteiger partial charge in [0.1, 0.15) is 6.04 Å². The fourth-order valence-electron chi connectivity index (χ4n) is 4.37. The highest BCUT2D eigenvalue weighted by molar-refractivity contribution is 6.35. The van der Waals surface area contributed by atoms with E-state index in [0.29, 0.717) is 56.9 Å². The summed E-state index contributed by atoms with van der Waals surface area (Å²) in [7, 11) is 1.56. The van der Waals surface area contributed by atoms with E-state index in [9.17, 15) is 19.2 Å². The van der Waals surface area contributed by atoms with Gasteiger partial charge in [0, 0.05) is 31.7 Å². The molecule has 2 aliphatic heterocycles. The van der Waals surface area contributed by atoms with Gasteiger partial charge < -0.3 is 19.4 Å². The predicted octanol–water partition coefficient (Wildman–Crippen LogP) is 2.86. The Morgan fingerprint density at radius 3 is 2.58 bits per heavy atom. The van der Waals surface area contributed by atoms with E-state index in [1.807, 2.05) is 0 Å². The number of rotatable bonds is 6. The van der Waals surface area contributed by atoms with Crippen LogP contribution in [-0.2, 0) is 19.1 Å². The van der Waals surface area contributed by atoms with Crippen LogP contribution in [0.5, 0.6) is 0 Å². The maximum absolute atomic E-state index is 13.1. The van der Waals surface area contributed by atoms with Crippen molar-refractivity contribution >= 4 is 46.9 Å². The van der Waals surface area contributed by atoms with E-state index in [-0.39, 0.29) is 46.7 Å². The molecule has 0 spiro atoms. The minimum Gasteiger partial charge on any atom is -0.466 e. The van der Waals surface area contributed by atoms with E-state index in [2.05, 4.69) is 0 Å². The number of piperidine rings is 1. The molecule has 0 saturated carbocycles. The molecule has 10 heteroatoms. The summed E-state index contributed by atoms with van der Waals surface area (Å²) in [6.45, 7) is 3.19. The normalized spacial score (nSPS) is 20.5. The molecule has 0 aromatic heterocycles. The Hall–Kier alpha value is -2.32. The zero-order chi connectivity index (χ0) is 24.1. The van der Waals surface area contributed by atoms with Crippen LogP contribution in [-0.4, -0.2) is 84.3 Å². The Morgan fingerprint density at radius 1 is 1.12 bits per heavy atom. The van der Waals surface area contributed by atoms with Crippen LogP contribution in [0, 0.1) is 5.92 Å². The van der Waals surface area contributed by atoms with Crippen LogP contribution in [0.2, 0.25) is 10.0 Å². The van der Waals surface area contributed by atoms with E-state index in [0.717, 1.165) is 0 Å². The molecule has 1 aromatic carbocycles. The number of likely N-dealkylation sites (tertiary alicyclic amines) is 2. The number of halogens is 2. The number of likely N-dealkylation sites (N-methyl/N-ethyl adjacent to an activating group) is 1. The number of nitrogens with zero attached hydrogens (tertiary/aromatic N) is 3. The summed E-state index contributed by atoms with van der Waals surface area (Å²) >= 11 is 12.2. The molecule has 2 fully saturated rings. The van der Waals surface area contributed by atoms with Gasteiger partial charge in [-0.2, -0.15) is 0 Å². The Labute approximate surface area is 203 Å². The second kappa shape index (κ2) is 11.2. The molecule has 3 amide bonds. The number of hydrogen-bond donors (Lipinski definition) is 0. The second-order valence-electron chi connectivity index (χ2n) is 8.41. The lowest BCUT2D eigenvalue weighted by Crippen LogP contribution is -2.51. The Kier molecular flexibility index (Phi) is 8.59. The van der Waals surface area contributed by atoms with Gasteiger partial charge >= 0.3 is 5.97 Å². The molecule has 3 rings (SSSR count). The van der Waals surface area contributed by atoms with Crippen molar-refractivity contribution in [2.24, 2.45) is 5.92 Å². The van der Waals surface area contributed by atoms with Gasteiger partial charge in [-0.1, -0.05) is 23.2 Å². The van der Waals surface area contributed by atoms with E-state index < -0.39 is 6.04 Å². The average molecular weight is 498 g/mol. The van der Waals surface area contributed by atoms with Crippen LogP contribution in [0.3, 0.4) is 0 Å². The minimum atomic E-state index is -0.668. The number of hydrogen-bond acceptors (Lipinski definition) is 5. The summed E-state index contributed by atoms with van der Waals surface area (Å²) in [5, 5.41) is 0.655. The van der Waals surface area contributed by atoms with Gasteiger partial charge in [0.15, 0.2) is 0 Å². The van der Waals surface area contributed by atoms with E-state index >= 15 is 0 Å². The molecule has 2 heterocycles. The van der Waals surface area contributed by atoms with Crippen molar-refractivity contribution in [1.82, 2.24) is 14.7 Å². The standard InChI is InChI=1S/C23H29Cl2N3O5/c1-3-33-23(32)15-6-4-10-27(13-15)20(29)14-26(2)22(31)19-7-5-11-28(19)21(30)17-12-16(24)8-9-18(17)25/h8-9,12,15,19H,3-7,10-11,13-14H2,1-2H3/t15-,19-/m1/s1. The molecule has 180 valence electrons. The molecule has 0 radical (unpaired) electrons. The Morgan fingerprint density at radius 2 is 1.85 bits per heavy atom. The summed E-state index contributed by atoms with van der Waals surface area (Å²) in [4.78, 5) is 55.6. The Bertz CT molecular complexity index is 925. The van der Waals surface area contributed by atoms with Crippen molar-refractivity contribution in [3.63, 3.8) is 0 Å². The monoisotopic (exact) mass is 497 g/mol. The molecule has 1 aromatic rings. The van der Waals surface area contributed by atoms with Crippen LogP contribution >= 0.6 is 23.2 Å². The summed E-state index contributed by atoms with van der Waals surface area (Å²) in [6, 6.07) is 3.98. The zero-order valence-corrected chi connectivity index (χ0v) is 20.4. The molecule has 0 unspecified atom stereocenters. The lowest BCUT2D eigenvalue weighted by atomic mass is 9.98. The molecular formula is C23H29Cl2N3O5. The molecule has 2 saturated heterocycles. The molecule has 0 aliphatic carbocycles. The van der Waals surface area contributed by atoms with Crippen molar-refractivity contribution in [1.29, 1.82) is 0 Å². The molecule has 0 bridgehead atoms. The molecule has 8 nitrogen and oxygen atoms in total. The minimum absolute atomic E-state index is 0.120. The summed E-state index contributed by atoms with van der Waals surface area (Å²) in [5.41, 5.74) is 0.251. The van der Waals surface area contributed by atoms with Crippen molar-refractivity contribution in [3.8, 4) is 0 Å². The molecule has 2 aliphatic rings. The Balaban J connectivity index is 1.62. The third-order valence-corrected chi connectivity index (χ3v) is 6.66. The SMILES string of the molecule is CCOC(=O)[C@@H]1CCCN(C(=O)CN(C)C(=O)[C@H]2CCCN2C(=O)c2cc(Cl)ccc2Cl)C1. The largest absolute Gasteiger partial charge is 0.466 e. The van der Waals surface area contributed by atoms with E-state index in [1.165, 1.54) is 15.9 Å². The number of carbonyl (C=O) groups excluding carboxylic acids is 4. The number of esters is 1. The fourth-order valence-corrected chi connectivity index (χ4v) is 4.74. The number of ether oxygens (including phenoxy) is 1. The first-order chi connectivity index (χ1) is 15.7. The highest BCUT2D eigenvalue weighted by Crippen LogP contribution is 2.27. The van der Waals surface area contributed by atoms with Crippen molar-refractivity contribution in [2.75, 3.05) is 39.8 Å². The van der Waals surface area contributed by atoms with Crippen LogP contribution in [0.4, 0.5) is 0 Å². The van der Waals surface area contributed by atoms with Gasteiger partial charge in [-0.15, -0.1) is 0 Å². The summed E-state index contributed by atoms with van der Waals surface area (Å²) in [5.74, 6) is -1.51. The molecule has 2 atom stereocenters. The second-order valence-corrected chi connectivity index (χ2v) is 9.25. The first kappa shape index (κ1) is 25.3. The topological polar surface area (TPSA) is 87.2 Å². The third kappa shape index (κ3) is 5.98. The molecule has 33 heavy (non-hydrogen) atoms. The van der Waals surface area contributed by atoms with Crippen molar-refractivity contribution < 1.29 is 23.9 Å². The van der Waals surface area contributed by atoms with Crippen LogP contribution in [0.25, 0.3) is 0 Å². The van der Waals surface area contributed by atoms with Crippen molar-refractivity contribution in [3.05, 3.63) is 33.8 Å². The molecule has 0 N–H and O–H groups in total. The predicted molar refractivity (Wildman–Crippen MR) is 124 cm³/mol. The number of amides is 3. The van der Waals surface area contributed by atoms with Gasteiger partial charge in [0.05, 0.1) is 29.7 Å². The fraction of sp³-hybridized carbons (Fsp3) is 0.565. The van der Waals surface area contributed by atoms with Crippen LogP contribution < -0.4 is 0 Å². The van der Waals surface area contributed by atoms with E-state index in [1.54, 1.807) is 31.0 Å². The molecular weight excluding hydrogens is 469 g/mol. The first-order valence-electron chi connectivity index (χ1n) is 11.2. The smallest absolute Gasteiger partial charge is 0.310 e. The van der Waals surface area contributed by atoms with Crippen molar-refractivity contribution in [2.45, 2.75) is 38.6 Å². The quantitative estimate of drug-likeness (QED) is 0.563. The maximum Gasteiger partial charge on any atom is 0.310 e. The summed E-state index contributed by atoms with van der Waals surface area (Å²) < 4.78 is 5.09. The maximum atomic E-state index is 13.1. The van der Waals surface area contributed by atoms with Gasteiger partial charge in [0.2, 0.25) is 11.8 Å². The van der Waals surface area contributed by atoms with Crippen LogP contribution in [0.15, 0.2) is 18.2 Å². The lowest BCUT2D eigenvalue weighted by Gasteiger charge is -2.33. The highest BCUT2D eigenvalue weighted by Gasteiger charge is 2.38. The van der Waals surface area contributed by atoms with Gasteiger partial charge in [0.25, 0.3) is 5.91 Å². The summed E-state index contributed by atoms with van der Waals surface area (Å²) in [6.07, 6.45) is 2.58. The van der Waals surface area contributed by atoms with E-state index in [4.69, 9.17) is 27.9 Å². The van der Waals surface area contributed by atoms with Gasteiger partial charge in [-0.3, -0.25) is 19.2 Å². The van der Waals surface area contributed by atoms with Gasteiger partial charge in [-0.25, -0.2) is 0 Å². The lowest BCUT2D eigenvalue weighted by molar-refractivity contribution is -0.152. The first-order valence-corrected chi connectivity index (χ1v) is 11.9. The number of benzene rings is 1. The average Bonchev–Trinajstić information content (AvgIpc) is 3.29. The highest BCUT2D eigenvalue weighted by atomic mass is 35.5. The third-order valence-electron chi connectivity index (χ3n) is 6.10. The van der Waals surface area contributed by atoms with Crippen LogP contribution in [0.1, 0.15) is 43.0 Å². The number of carbonyl (C=O) groups is 4. The van der Waals surface area contributed by atoms with Gasteiger partial charge in [-0.05, 0) is 50.8 Å².